The van der Waals surface area contributed by atoms with Crippen LogP contribution >= 0.6 is 11.8 Å². The standard InChI is InChI=1S/C17H12F6N4OS/c1-8-3-9(2)25-15(24-8)29-7-13-26-14(28-27-13)10-4-11(16(18,19)20)6-12(5-10)17(21,22)23/h3-6H,7H2,1-2H3. The Morgan fingerprint density at radius 2 is 1.38 bits per heavy atom. The van der Waals surface area contributed by atoms with E-state index in [1.165, 1.54) is 0 Å². The summed E-state index contributed by atoms with van der Waals surface area (Å²) in [5.41, 5.74) is -1.89. The third-order valence-corrected chi connectivity index (χ3v) is 4.44. The molecule has 0 aliphatic rings. The number of alkyl halides is 6. The fraction of sp³-hybridized carbons (Fsp3) is 0.294. The molecule has 5 nitrogen and oxygen atoms in total. The molecule has 0 saturated heterocycles. The van der Waals surface area contributed by atoms with Gasteiger partial charge in [0.1, 0.15) is 0 Å². The van der Waals surface area contributed by atoms with Crippen molar-refractivity contribution in [1.82, 2.24) is 20.1 Å². The van der Waals surface area contributed by atoms with Crippen LogP contribution in [0.5, 0.6) is 0 Å². The molecule has 1 aromatic carbocycles. The first-order chi connectivity index (χ1) is 13.4. The third kappa shape index (κ3) is 5.25. The summed E-state index contributed by atoms with van der Waals surface area (Å²) in [7, 11) is 0. The van der Waals surface area contributed by atoms with Crippen molar-refractivity contribution in [1.29, 1.82) is 0 Å². The summed E-state index contributed by atoms with van der Waals surface area (Å²) in [6, 6.07) is 2.88. The van der Waals surface area contributed by atoms with E-state index in [0.717, 1.165) is 23.1 Å². The van der Waals surface area contributed by atoms with Crippen LogP contribution in [0.3, 0.4) is 0 Å². The van der Waals surface area contributed by atoms with Crippen molar-refractivity contribution in [3.63, 3.8) is 0 Å². The lowest BCUT2D eigenvalue weighted by Gasteiger charge is -2.12. The zero-order chi connectivity index (χ0) is 21.4. The van der Waals surface area contributed by atoms with Crippen molar-refractivity contribution in [2.45, 2.75) is 37.1 Å². The zero-order valence-electron chi connectivity index (χ0n) is 14.9. The van der Waals surface area contributed by atoms with Crippen LogP contribution in [-0.4, -0.2) is 20.1 Å². The average Bonchev–Trinajstić information content (AvgIpc) is 3.06. The van der Waals surface area contributed by atoms with Crippen molar-refractivity contribution < 1.29 is 30.9 Å². The van der Waals surface area contributed by atoms with Crippen molar-refractivity contribution in [3.05, 3.63) is 52.6 Å². The largest absolute Gasteiger partial charge is 0.416 e. The minimum absolute atomic E-state index is 0.0358. The third-order valence-electron chi connectivity index (χ3n) is 3.59. The first-order valence-corrected chi connectivity index (χ1v) is 8.98. The highest BCUT2D eigenvalue weighted by atomic mass is 32.2. The smallest absolute Gasteiger partial charge is 0.334 e. The van der Waals surface area contributed by atoms with E-state index < -0.39 is 34.9 Å². The molecule has 2 aromatic heterocycles. The van der Waals surface area contributed by atoms with Gasteiger partial charge in [0.15, 0.2) is 11.0 Å². The molecular formula is C17H12F6N4OS. The molecule has 0 aliphatic carbocycles. The molecule has 0 N–H and O–H groups in total. The first kappa shape index (κ1) is 21.1. The van der Waals surface area contributed by atoms with Crippen molar-refractivity contribution in [3.8, 4) is 11.5 Å². The van der Waals surface area contributed by atoms with E-state index >= 15 is 0 Å². The van der Waals surface area contributed by atoms with Crippen LogP contribution in [-0.2, 0) is 18.1 Å². The number of aromatic nitrogens is 4. The molecule has 0 aliphatic heterocycles. The van der Waals surface area contributed by atoms with Gasteiger partial charge in [0, 0.05) is 17.0 Å². The van der Waals surface area contributed by atoms with Gasteiger partial charge >= 0.3 is 12.4 Å². The second-order valence-corrected chi connectivity index (χ2v) is 6.97. The van der Waals surface area contributed by atoms with Crippen LogP contribution in [0.1, 0.15) is 28.3 Å². The summed E-state index contributed by atoms with van der Waals surface area (Å²) >= 11 is 1.16. The Kier molecular flexibility index (Phi) is 5.57. The minimum Gasteiger partial charge on any atom is -0.334 e. The topological polar surface area (TPSA) is 64.7 Å². The van der Waals surface area contributed by atoms with E-state index in [0.29, 0.717) is 17.3 Å². The molecule has 0 bridgehead atoms. The maximum absolute atomic E-state index is 13.0. The van der Waals surface area contributed by atoms with Crippen molar-refractivity contribution >= 4 is 11.8 Å². The average molecular weight is 434 g/mol. The molecule has 154 valence electrons. The maximum Gasteiger partial charge on any atom is 0.416 e. The summed E-state index contributed by atoms with van der Waals surface area (Å²) in [5, 5.41) is 4.05. The minimum atomic E-state index is -4.96. The normalized spacial score (nSPS) is 12.4. The highest BCUT2D eigenvalue weighted by Crippen LogP contribution is 2.38. The molecule has 0 atom stereocenters. The number of benzene rings is 1. The number of hydrogen-bond acceptors (Lipinski definition) is 6. The molecule has 12 heteroatoms. The fourth-order valence-corrected chi connectivity index (χ4v) is 3.19. The van der Waals surface area contributed by atoms with Crippen molar-refractivity contribution in [2.24, 2.45) is 0 Å². The quantitative estimate of drug-likeness (QED) is 0.308. The van der Waals surface area contributed by atoms with Crippen LogP contribution in [0, 0.1) is 13.8 Å². The fourth-order valence-electron chi connectivity index (χ4n) is 2.40. The molecule has 0 amide bonds. The van der Waals surface area contributed by atoms with Gasteiger partial charge in [-0.3, -0.25) is 0 Å². The van der Waals surface area contributed by atoms with Gasteiger partial charge in [0.05, 0.1) is 16.9 Å². The number of rotatable bonds is 4. The molecule has 0 unspecified atom stereocenters. The number of aryl methyl sites for hydroxylation is 2. The van der Waals surface area contributed by atoms with E-state index in [2.05, 4.69) is 20.1 Å². The lowest BCUT2D eigenvalue weighted by molar-refractivity contribution is -0.143. The van der Waals surface area contributed by atoms with Crippen LogP contribution in [0.15, 0.2) is 33.9 Å². The highest BCUT2D eigenvalue weighted by Gasteiger charge is 2.37. The predicted molar refractivity (Wildman–Crippen MR) is 90.8 cm³/mol. The first-order valence-electron chi connectivity index (χ1n) is 7.99. The van der Waals surface area contributed by atoms with Gasteiger partial charge in [-0.2, -0.15) is 31.3 Å². The second kappa shape index (κ2) is 7.65. The molecule has 0 saturated carbocycles. The number of hydrogen-bond donors (Lipinski definition) is 0. The summed E-state index contributed by atoms with van der Waals surface area (Å²) in [4.78, 5) is 12.3. The second-order valence-electron chi connectivity index (χ2n) is 6.03. The number of thioether (sulfide) groups is 1. The highest BCUT2D eigenvalue weighted by molar-refractivity contribution is 7.98. The van der Waals surface area contributed by atoms with Gasteiger partial charge in [-0.05, 0) is 38.1 Å². The van der Waals surface area contributed by atoms with E-state index in [1.54, 1.807) is 19.9 Å². The molecule has 0 fully saturated rings. The molecule has 0 radical (unpaired) electrons. The Morgan fingerprint density at radius 1 is 0.828 bits per heavy atom. The number of halogens is 6. The Hall–Kier alpha value is -2.63. The van der Waals surface area contributed by atoms with Gasteiger partial charge < -0.3 is 4.52 Å². The van der Waals surface area contributed by atoms with E-state index in [4.69, 9.17) is 4.52 Å². The van der Waals surface area contributed by atoms with E-state index in [9.17, 15) is 26.3 Å². The Balaban J connectivity index is 1.87. The Morgan fingerprint density at radius 3 is 1.90 bits per heavy atom. The van der Waals surface area contributed by atoms with Gasteiger partial charge in [0.25, 0.3) is 5.89 Å². The summed E-state index contributed by atoms with van der Waals surface area (Å²) in [6.07, 6.45) is -9.93. The molecule has 29 heavy (non-hydrogen) atoms. The summed E-state index contributed by atoms with van der Waals surface area (Å²) < 4.78 is 82.7. The molecule has 3 aromatic rings. The monoisotopic (exact) mass is 434 g/mol. The maximum atomic E-state index is 13.0. The molecule has 2 heterocycles. The van der Waals surface area contributed by atoms with Gasteiger partial charge in [-0.15, -0.1) is 0 Å². The molecular weight excluding hydrogens is 422 g/mol. The van der Waals surface area contributed by atoms with Gasteiger partial charge in [-0.1, -0.05) is 16.9 Å². The molecule has 0 spiro atoms. The van der Waals surface area contributed by atoms with Gasteiger partial charge in [0.2, 0.25) is 0 Å². The Labute approximate surface area is 164 Å². The van der Waals surface area contributed by atoms with E-state index in [-0.39, 0.29) is 17.6 Å². The SMILES string of the molecule is Cc1cc(C)nc(SCc2noc(-c3cc(C(F)(F)F)cc(C(F)(F)F)c3)n2)n1. The lowest BCUT2D eigenvalue weighted by Crippen LogP contribution is -2.11. The predicted octanol–water partition coefficient (Wildman–Crippen LogP) is 5.47. The summed E-state index contributed by atoms with van der Waals surface area (Å²) in [5.74, 6) is -0.241. The van der Waals surface area contributed by atoms with Crippen LogP contribution in [0.2, 0.25) is 0 Å². The van der Waals surface area contributed by atoms with Crippen LogP contribution in [0.25, 0.3) is 11.5 Å². The van der Waals surface area contributed by atoms with Crippen molar-refractivity contribution in [2.75, 3.05) is 0 Å². The lowest BCUT2D eigenvalue weighted by atomic mass is 10.0. The van der Waals surface area contributed by atoms with Gasteiger partial charge in [-0.25, -0.2) is 9.97 Å². The van der Waals surface area contributed by atoms with Crippen LogP contribution in [0.4, 0.5) is 26.3 Å². The number of nitrogens with zero attached hydrogens (tertiary/aromatic N) is 4. The Bertz CT molecular complexity index is 979. The zero-order valence-corrected chi connectivity index (χ0v) is 15.7. The molecule has 3 rings (SSSR count). The van der Waals surface area contributed by atoms with E-state index in [1.807, 2.05) is 0 Å². The summed E-state index contributed by atoms with van der Waals surface area (Å²) in [6.45, 7) is 3.58. The van der Waals surface area contributed by atoms with Crippen LogP contribution < -0.4 is 0 Å².